The number of halogens is 2. The maximum Gasteiger partial charge on any atom is 0.124 e. The van der Waals surface area contributed by atoms with Crippen molar-refractivity contribution in [2.24, 2.45) is 5.84 Å². The highest BCUT2D eigenvalue weighted by Gasteiger charge is 2.22. The Labute approximate surface area is 132 Å². The fraction of sp³-hybridized carbons (Fsp3) is 0.214. The van der Waals surface area contributed by atoms with Crippen LogP contribution in [0, 0.1) is 0 Å². The Hall–Kier alpha value is -1.53. The average molecular weight is 328 g/mol. The van der Waals surface area contributed by atoms with E-state index >= 15 is 0 Å². The number of hydrazine groups is 1. The molecule has 112 valence electrons. The van der Waals surface area contributed by atoms with E-state index in [1.807, 2.05) is 6.07 Å². The van der Waals surface area contributed by atoms with Gasteiger partial charge in [-0.3, -0.25) is 10.8 Å². The fourth-order valence-corrected chi connectivity index (χ4v) is 2.51. The van der Waals surface area contributed by atoms with Crippen LogP contribution in [0.25, 0.3) is 0 Å². The summed E-state index contributed by atoms with van der Waals surface area (Å²) in [4.78, 5) is 4.25. The SMILES string of the molecule is COc1ccc(OC)c(C(NN)c2ncc(Cl)cc2Cl)c1. The second-order valence-electron chi connectivity index (χ2n) is 4.23. The number of hydrogen-bond acceptors (Lipinski definition) is 5. The highest BCUT2D eigenvalue weighted by molar-refractivity contribution is 6.34. The number of nitrogens with two attached hydrogens (primary N) is 1. The van der Waals surface area contributed by atoms with Crippen LogP contribution < -0.4 is 20.7 Å². The van der Waals surface area contributed by atoms with E-state index in [-0.39, 0.29) is 0 Å². The lowest BCUT2D eigenvalue weighted by Gasteiger charge is -2.20. The minimum Gasteiger partial charge on any atom is -0.497 e. The molecule has 0 fully saturated rings. The number of benzene rings is 1. The van der Waals surface area contributed by atoms with Gasteiger partial charge in [-0.25, -0.2) is 5.43 Å². The van der Waals surface area contributed by atoms with E-state index in [4.69, 9.17) is 38.5 Å². The van der Waals surface area contributed by atoms with Crippen LogP contribution in [0.4, 0.5) is 0 Å². The van der Waals surface area contributed by atoms with Gasteiger partial charge in [-0.2, -0.15) is 0 Å². The third-order valence-corrected chi connectivity index (χ3v) is 3.53. The molecule has 1 heterocycles. The van der Waals surface area contributed by atoms with Gasteiger partial charge in [0, 0.05) is 11.8 Å². The Bertz CT molecular complexity index is 638. The molecule has 0 aliphatic rings. The lowest BCUT2D eigenvalue weighted by atomic mass is 10.0. The largest absolute Gasteiger partial charge is 0.497 e. The van der Waals surface area contributed by atoms with Crippen molar-refractivity contribution in [3.63, 3.8) is 0 Å². The van der Waals surface area contributed by atoms with Gasteiger partial charge in [0.05, 0.1) is 36.0 Å². The van der Waals surface area contributed by atoms with E-state index in [9.17, 15) is 0 Å². The zero-order valence-electron chi connectivity index (χ0n) is 11.6. The van der Waals surface area contributed by atoms with E-state index in [2.05, 4.69) is 10.4 Å². The van der Waals surface area contributed by atoms with Crippen LogP contribution in [0.3, 0.4) is 0 Å². The maximum atomic E-state index is 6.21. The Morgan fingerprint density at radius 3 is 2.52 bits per heavy atom. The van der Waals surface area contributed by atoms with Crippen molar-refractivity contribution in [2.75, 3.05) is 14.2 Å². The second-order valence-corrected chi connectivity index (χ2v) is 5.07. The number of rotatable bonds is 5. The van der Waals surface area contributed by atoms with E-state index in [0.29, 0.717) is 27.2 Å². The smallest absolute Gasteiger partial charge is 0.124 e. The van der Waals surface area contributed by atoms with Crippen molar-refractivity contribution in [1.29, 1.82) is 0 Å². The summed E-state index contributed by atoms with van der Waals surface area (Å²) in [5, 5.41) is 0.868. The molecule has 1 aromatic carbocycles. The number of aromatic nitrogens is 1. The first-order valence-corrected chi connectivity index (χ1v) is 6.85. The Balaban J connectivity index is 2.54. The number of methoxy groups -OCH3 is 2. The van der Waals surface area contributed by atoms with Crippen LogP contribution in [-0.4, -0.2) is 19.2 Å². The Morgan fingerprint density at radius 1 is 1.19 bits per heavy atom. The summed E-state index contributed by atoms with van der Waals surface area (Å²) in [5.74, 6) is 7.00. The molecule has 0 spiro atoms. The average Bonchev–Trinajstić information content (AvgIpc) is 2.49. The van der Waals surface area contributed by atoms with Crippen LogP contribution in [0.15, 0.2) is 30.5 Å². The molecule has 2 aromatic rings. The van der Waals surface area contributed by atoms with E-state index < -0.39 is 6.04 Å². The summed E-state index contributed by atoms with van der Waals surface area (Å²) < 4.78 is 10.6. The molecule has 0 amide bonds. The van der Waals surface area contributed by atoms with Crippen LogP contribution >= 0.6 is 23.2 Å². The molecular weight excluding hydrogens is 313 g/mol. The zero-order chi connectivity index (χ0) is 15.4. The molecule has 1 unspecified atom stereocenters. The van der Waals surface area contributed by atoms with Crippen LogP contribution in [0.2, 0.25) is 10.0 Å². The number of hydrogen-bond donors (Lipinski definition) is 2. The molecule has 0 aliphatic carbocycles. The highest BCUT2D eigenvalue weighted by atomic mass is 35.5. The molecule has 3 N–H and O–H groups in total. The normalized spacial score (nSPS) is 12.0. The number of nitrogens with one attached hydrogen (secondary N) is 1. The van der Waals surface area contributed by atoms with Crippen LogP contribution in [0.1, 0.15) is 17.3 Å². The number of nitrogens with zero attached hydrogens (tertiary/aromatic N) is 1. The van der Waals surface area contributed by atoms with Crippen LogP contribution in [-0.2, 0) is 0 Å². The Morgan fingerprint density at radius 2 is 1.95 bits per heavy atom. The van der Waals surface area contributed by atoms with Crippen molar-refractivity contribution in [3.05, 3.63) is 51.8 Å². The summed E-state index contributed by atoms with van der Waals surface area (Å²) in [6.45, 7) is 0. The van der Waals surface area contributed by atoms with E-state index in [0.717, 1.165) is 5.56 Å². The maximum absolute atomic E-state index is 6.21. The molecule has 0 saturated heterocycles. The first kappa shape index (κ1) is 15.9. The minimum absolute atomic E-state index is 0.412. The highest BCUT2D eigenvalue weighted by Crippen LogP contribution is 2.35. The van der Waals surface area contributed by atoms with Gasteiger partial charge in [0.1, 0.15) is 11.5 Å². The third kappa shape index (κ3) is 3.39. The van der Waals surface area contributed by atoms with Gasteiger partial charge in [0.25, 0.3) is 0 Å². The summed E-state index contributed by atoms with van der Waals surface area (Å²) in [6, 6.07) is 6.56. The molecule has 7 heteroatoms. The summed E-state index contributed by atoms with van der Waals surface area (Å²) in [7, 11) is 3.17. The van der Waals surface area contributed by atoms with Crippen LogP contribution in [0.5, 0.6) is 11.5 Å². The molecule has 5 nitrogen and oxygen atoms in total. The quantitative estimate of drug-likeness (QED) is 0.652. The molecule has 0 saturated carbocycles. The summed E-state index contributed by atoms with van der Waals surface area (Å²) in [6.07, 6.45) is 1.51. The third-order valence-electron chi connectivity index (χ3n) is 3.02. The topological polar surface area (TPSA) is 69.4 Å². The molecule has 1 aromatic heterocycles. The summed E-state index contributed by atoms with van der Waals surface area (Å²) >= 11 is 12.1. The van der Waals surface area contributed by atoms with Gasteiger partial charge < -0.3 is 9.47 Å². The number of pyridine rings is 1. The predicted molar refractivity (Wildman–Crippen MR) is 83.0 cm³/mol. The molecule has 0 aliphatic heterocycles. The predicted octanol–water partition coefficient (Wildman–Crippen LogP) is 2.96. The molecule has 0 radical (unpaired) electrons. The van der Waals surface area contributed by atoms with Crippen molar-refractivity contribution in [1.82, 2.24) is 10.4 Å². The van der Waals surface area contributed by atoms with Gasteiger partial charge >= 0.3 is 0 Å². The minimum atomic E-state index is -0.459. The van der Waals surface area contributed by atoms with Gasteiger partial charge in [-0.15, -0.1) is 0 Å². The molecule has 2 rings (SSSR count). The van der Waals surface area contributed by atoms with Gasteiger partial charge in [0.2, 0.25) is 0 Å². The second kappa shape index (κ2) is 6.95. The van der Waals surface area contributed by atoms with E-state index in [1.165, 1.54) is 6.20 Å². The zero-order valence-corrected chi connectivity index (χ0v) is 13.1. The monoisotopic (exact) mass is 327 g/mol. The van der Waals surface area contributed by atoms with Gasteiger partial charge in [0.15, 0.2) is 0 Å². The lowest BCUT2D eigenvalue weighted by Crippen LogP contribution is -2.30. The first-order chi connectivity index (χ1) is 10.1. The first-order valence-electron chi connectivity index (χ1n) is 6.09. The van der Waals surface area contributed by atoms with Gasteiger partial charge in [-0.05, 0) is 24.3 Å². The van der Waals surface area contributed by atoms with E-state index in [1.54, 1.807) is 32.4 Å². The Kier molecular flexibility index (Phi) is 5.25. The van der Waals surface area contributed by atoms with Crippen molar-refractivity contribution >= 4 is 23.2 Å². The lowest BCUT2D eigenvalue weighted by molar-refractivity contribution is 0.393. The molecular formula is C14H15Cl2N3O2. The number of ether oxygens (including phenoxy) is 2. The standard InChI is InChI=1S/C14H15Cl2N3O2/c1-20-9-3-4-12(21-2)10(6-9)13(19-17)14-11(16)5-8(15)7-18-14/h3-7,13,19H,17H2,1-2H3. The molecule has 1 atom stereocenters. The molecule has 0 bridgehead atoms. The summed E-state index contributed by atoms with van der Waals surface area (Å²) in [5.41, 5.74) is 4.01. The van der Waals surface area contributed by atoms with Crippen molar-refractivity contribution < 1.29 is 9.47 Å². The van der Waals surface area contributed by atoms with Crippen molar-refractivity contribution in [2.45, 2.75) is 6.04 Å². The van der Waals surface area contributed by atoms with Gasteiger partial charge in [-0.1, -0.05) is 23.2 Å². The van der Waals surface area contributed by atoms with Crippen molar-refractivity contribution in [3.8, 4) is 11.5 Å². The molecule has 21 heavy (non-hydrogen) atoms. The fourth-order valence-electron chi connectivity index (χ4n) is 2.02.